The molecule has 0 spiro atoms. The molecule has 0 aliphatic carbocycles. The van der Waals surface area contributed by atoms with Crippen LogP contribution in [0.4, 0.5) is 5.69 Å². The average molecular weight is 292 g/mol. The third-order valence-corrected chi connectivity index (χ3v) is 2.98. The lowest BCUT2D eigenvalue weighted by molar-refractivity contribution is -0.145. The average Bonchev–Trinajstić information content (AvgIpc) is 2.49. The van der Waals surface area contributed by atoms with Crippen molar-refractivity contribution in [3.8, 4) is 5.75 Å². The monoisotopic (exact) mass is 292 g/mol. The summed E-state index contributed by atoms with van der Waals surface area (Å²) in [7, 11) is 0. The first-order chi connectivity index (χ1) is 10.1. The topological polar surface area (TPSA) is 67.9 Å². The van der Waals surface area contributed by atoms with Gasteiger partial charge in [0.15, 0.2) is 0 Å². The Morgan fingerprint density at radius 3 is 2.38 bits per heavy atom. The van der Waals surface area contributed by atoms with Crippen molar-refractivity contribution < 1.29 is 19.1 Å². The lowest BCUT2D eigenvalue weighted by atomic mass is 10.3. The SMILES string of the molecule is CC(C)Oc1ccc(NC(=O)C(=O)N2CCOCC2)cc1. The molecule has 1 aliphatic heterocycles. The van der Waals surface area contributed by atoms with E-state index in [1.165, 1.54) is 4.90 Å². The normalized spacial score (nSPS) is 14.9. The van der Waals surface area contributed by atoms with Crippen LogP contribution >= 0.6 is 0 Å². The Balaban J connectivity index is 1.91. The fourth-order valence-electron chi connectivity index (χ4n) is 1.98. The fraction of sp³-hybridized carbons (Fsp3) is 0.467. The maximum absolute atomic E-state index is 11.9. The molecule has 2 amide bonds. The van der Waals surface area contributed by atoms with Crippen molar-refractivity contribution in [2.75, 3.05) is 31.6 Å². The van der Waals surface area contributed by atoms with Gasteiger partial charge in [0.1, 0.15) is 5.75 Å². The van der Waals surface area contributed by atoms with Crippen molar-refractivity contribution in [3.63, 3.8) is 0 Å². The Labute approximate surface area is 124 Å². The van der Waals surface area contributed by atoms with E-state index < -0.39 is 11.8 Å². The number of rotatable bonds is 3. The minimum absolute atomic E-state index is 0.0911. The van der Waals surface area contributed by atoms with E-state index in [1.807, 2.05) is 13.8 Å². The lowest BCUT2D eigenvalue weighted by Gasteiger charge is -2.26. The molecule has 0 aromatic heterocycles. The molecular formula is C15H20N2O4. The van der Waals surface area contributed by atoms with Crippen LogP contribution in [0.2, 0.25) is 0 Å². The molecule has 1 saturated heterocycles. The number of hydrogen-bond donors (Lipinski definition) is 1. The second-order valence-corrected chi connectivity index (χ2v) is 5.05. The lowest BCUT2D eigenvalue weighted by Crippen LogP contribution is -2.45. The van der Waals surface area contributed by atoms with Crippen molar-refractivity contribution in [2.24, 2.45) is 0 Å². The Kier molecular flexibility index (Phi) is 5.16. The number of anilines is 1. The van der Waals surface area contributed by atoms with Gasteiger partial charge in [-0.3, -0.25) is 9.59 Å². The Hall–Kier alpha value is -2.08. The van der Waals surface area contributed by atoms with Gasteiger partial charge in [0.2, 0.25) is 0 Å². The zero-order valence-corrected chi connectivity index (χ0v) is 12.3. The van der Waals surface area contributed by atoms with Crippen LogP contribution in [-0.2, 0) is 14.3 Å². The Bertz CT molecular complexity index is 493. The molecule has 0 unspecified atom stereocenters. The molecule has 1 aliphatic rings. The van der Waals surface area contributed by atoms with E-state index >= 15 is 0 Å². The van der Waals surface area contributed by atoms with E-state index in [4.69, 9.17) is 9.47 Å². The number of benzene rings is 1. The van der Waals surface area contributed by atoms with Gasteiger partial charge in [0.05, 0.1) is 19.3 Å². The number of carbonyl (C=O) groups excluding carboxylic acids is 2. The van der Waals surface area contributed by atoms with Gasteiger partial charge in [-0.2, -0.15) is 0 Å². The quantitative estimate of drug-likeness (QED) is 0.852. The molecule has 1 fully saturated rings. The highest BCUT2D eigenvalue weighted by atomic mass is 16.5. The number of amides is 2. The molecular weight excluding hydrogens is 272 g/mol. The molecule has 1 aromatic rings. The molecule has 6 heteroatoms. The van der Waals surface area contributed by atoms with Gasteiger partial charge in [-0.15, -0.1) is 0 Å². The Morgan fingerprint density at radius 2 is 1.81 bits per heavy atom. The zero-order valence-electron chi connectivity index (χ0n) is 12.3. The molecule has 0 bridgehead atoms. The predicted octanol–water partition coefficient (Wildman–Crippen LogP) is 1.27. The van der Waals surface area contributed by atoms with Gasteiger partial charge >= 0.3 is 11.8 Å². The molecule has 2 rings (SSSR count). The van der Waals surface area contributed by atoms with E-state index in [1.54, 1.807) is 24.3 Å². The minimum Gasteiger partial charge on any atom is -0.491 e. The van der Waals surface area contributed by atoms with E-state index in [9.17, 15) is 9.59 Å². The van der Waals surface area contributed by atoms with E-state index in [0.717, 1.165) is 5.75 Å². The first kappa shape index (κ1) is 15.3. The van der Waals surface area contributed by atoms with E-state index in [-0.39, 0.29) is 6.10 Å². The van der Waals surface area contributed by atoms with Gasteiger partial charge in [0.25, 0.3) is 0 Å². The smallest absolute Gasteiger partial charge is 0.313 e. The Morgan fingerprint density at radius 1 is 1.19 bits per heavy atom. The summed E-state index contributed by atoms with van der Waals surface area (Å²) < 4.78 is 10.7. The number of morpholine rings is 1. The first-order valence-corrected chi connectivity index (χ1v) is 7.01. The summed E-state index contributed by atoms with van der Waals surface area (Å²) in [6.45, 7) is 5.73. The molecule has 21 heavy (non-hydrogen) atoms. The number of nitrogens with zero attached hydrogens (tertiary/aromatic N) is 1. The van der Waals surface area contributed by atoms with Gasteiger partial charge in [-0.05, 0) is 38.1 Å². The van der Waals surface area contributed by atoms with Gasteiger partial charge in [-0.25, -0.2) is 0 Å². The second kappa shape index (κ2) is 7.08. The largest absolute Gasteiger partial charge is 0.491 e. The third kappa shape index (κ3) is 4.46. The molecule has 1 N–H and O–H groups in total. The van der Waals surface area contributed by atoms with E-state index in [0.29, 0.717) is 32.0 Å². The molecule has 1 aromatic carbocycles. The summed E-state index contributed by atoms with van der Waals surface area (Å²) in [4.78, 5) is 25.3. The second-order valence-electron chi connectivity index (χ2n) is 5.05. The van der Waals surface area contributed by atoms with Crippen molar-refractivity contribution in [2.45, 2.75) is 20.0 Å². The van der Waals surface area contributed by atoms with Crippen LogP contribution in [0.3, 0.4) is 0 Å². The van der Waals surface area contributed by atoms with Gasteiger partial charge in [0, 0.05) is 18.8 Å². The van der Waals surface area contributed by atoms with Crippen LogP contribution in [0.1, 0.15) is 13.8 Å². The van der Waals surface area contributed by atoms with Crippen molar-refractivity contribution in [1.29, 1.82) is 0 Å². The van der Waals surface area contributed by atoms with Crippen LogP contribution in [0.25, 0.3) is 0 Å². The van der Waals surface area contributed by atoms with Gasteiger partial charge < -0.3 is 19.7 Å². The summed E-state index contributed by atoms with van der Waals surface area (Å²) in [6.07, 6.45) is 0.0911. The minimum atomic E-state index is -0.630. The maximum atomic E-state index is 11.9. The van der Waals surface area contributed by atoms with Gasteiger partial charge in [-0.1, -0.05) is 0 Å². The number of ether oxygens (including phenoxy) is 2. The van der Waals surface area contributed by atoms with E-state index in [2.05, 4.69) is 5.32 Å². The molecule has 0 atom stereocenters. The standard InChI is InChI=1S/C15H20N2O4/c1-11(2)21-13-5-3-12(4-6-13)16-14(18)15(19)17-7-9-20-10-8-17/h3-6,11H,7-10H2,1-2H3,(H,16,18). The molecule has 6 nitrogen and oxygen atoms in total. The summed E-state index contributed by atoms with van der Waals surface area (Å²) in [5.41, 5.74) is 0.567. The van der Waals surface area contributed by atoms with Crippen molar-refractivity contribution in [3.05, 3.63) is 24.3 Å². The highest BCUT2D eigenvalue weighted by Gasteiger charge is 2.23. The first-order valence-electron chi connectivity index (χ1n) is 7.01. The van der Waals surface area contributed by atoms with Crippen molar-refractivity contribution in [1.82, 2.24) is 4.90 Å². The van der Waals surface area contributed by atoms with Crippen molar-refractivity contribution >= 4 is 17.5 Å². The molecule has 114 valence electrons. The molecule has 0 radical (unpaired) electrons. The summed E-state index contributed by atoms with van der Waals surface area (Å²) >= 11 is 0. The number of carbonyl (C=O) groups is 2. The number of hydrogen-bond acceptors (Lipinski definition) is 4. The van der Waals surface area contributed by atoms with Crippen LogP contribution in [-0.4, -0.2) is 49.1 Å². The summed E-state index contributed by atoms with van der Waals surface area (Å²) in [5, 5.41) is 2.59. The highest BCUT2D eigenvalue weighted by molar-refractivity contribution is 6.39. The fourth-order valence-corrected chi connectivity index (χ4v) is 1.98. The third-order valence-electron chi connectivity index (χ3n) is 2.98. The highest BCUT2D eigenvalue weighted by Crippen LogP contribution is 2.17. The molecule has 1 heterocycles. The summed E-state index contributed by atoms with van der Waals surface area (Å²) in [6, 6.07) is 6.94. The zero-order chi connectivity index (χ0) is 15.2. The predicted molar refractivity (Wildman–Crippen MR) is 78.2 cm³/mol. The van der Waals surface area contributed by atoms with Crippen LogP contribution in [0.15, 0.2) is 24.3 Å². The van der Waals surface area contributed by atoms with Crippen LogP contribution < -0.4 is 10.1 Å². The maximum Gasteiger partial charge on any atom is 0.313 e. The molecule has 0 saturated carbocycles. The van der Waals surface area contributed by atoms with Crippen LogP contribution in [0.5, 0.6) is 5.75 Å². The summed E-state index contributed by atoms with van der Waals surface area (Å²) in [5.74, 6) is -0.433. The number of nitrogens with one attached hydrogen (secondary N) is 1. The van der Waals surface area contributed by atoms with Crippen LogP contribution in [0, 0.1) is 0 Å².